The van der Waals surface area contributed by atoms with Crippen LogP contribution in [0.4, 0.5) is 10.5 Å². The number of nitrogens with one attached hydrogen (secondary N) is 1. The predicted molar refractivity (Wildman–Crippen MR) is 128 cm³/mol. The van der Waals surface area contributed by atoms with Crippen LogP contribution in [0, 0.1) is 0 Å². The summed E-state index contributed by atoms with van der Waals surface area (Å²) in [6, 6.07) is 23.6. The van der Waals surface area contributed by atoms with Crippen molar-refractivity contribution in [1.82, 2.24) is 14.8 Å². The normalized spacial score (nSPS) is 14.4. The molecule has 1 aliphatic rings. The first-order chi connectivity index (χ1) is 16.2. The van der Waals surface area contributed by atoms with Gasteiger partial charge in [0.05, 0.1) is 13.7 Å². The van der Waals surface area contributed by atoms with Crippen LogP contribution >= 0.6 is 0 Å². The third-order valence-electron chi connectivity index (χ3n) is 5.88. The van der Waals surface area contributed by atoms with Crippen molar-refractivity contribution >= 4 is 22.8 Å². The first kappa shape index (κ1) is 21.0. The van der Waals surface area contributed by atoms with Crippen LogP contribution in [0.15, 0.2) is 77.2 Å². The Hall–Kier alpha value is -3.84. The van der Waals surface area contributed by atoms with E-state index in [1.54, 1.807) is 7.11 Å². The molecule has 7 heteroatoms. The van der Waals surface area contributed by atoms with Crippen LogP contribution in [0.25, 0.3) is 22.2 Å². The Balaban J connectivity index is 1.18. The van der Waals surface area contributed by atoms with Crippen molar-refractivity contribution in [2.24, 2.45) is 0 Å². The van der Waals surface area contributed by atoms with Gasteiger partial charge in [0.1, 0.15) is 11.3 Å². The maximum Gasteiger partial charge on any atom is 0.321 e. The molecule has 1 aromatic heterocycles. The van der Waals surface area contributed by atoms with Gasteiger partial charge in [-0.3, -0.25) is 4.90 Å². The van der Waals surface area contributed by atoms with Gasteiger partial charge in [-0.1, -0.05) is 42.5 Å². The van der Waals surface area contributed by atoms with Crippen molar-refractivity contribution in [3.8, 4) is 16.9 Å². The molecule has 0 saturated carbocycles. The third kappa shape index (κ3) is 4.83. The summed E-state index contributed by atoms with van der Waals surface area (Å²) in [5, 5.41) is 2.94. The van der Waals surface area contributed by atoms with E-state index in [2.05, 4.69) is 34.5 Å². The summed E-state index contributed by atoms with van der Waals surface area (Å²) in [6.07, 6.45) is 0. The number of ether oxygens (including phenoxy) is 1. The zero-order chi connectivity index (χ0) is 22.6. The monoisotopic (exact) mass is 442 g/mol. The number of hydrogen-bond donors (Lipinski definition) is 1. The second-order valence-electron chi connectivity index (χ2n) is 8.08. The minimum Gasteiger partial charge on any atom is -0.497 e. The molecule has 0 unspecified atom stereocenters. The van der Waals surface area contributed by atoms with E-state index in [1.165, 1.54) is 0 Å². The lowest BCUT2D eigenvalue weighted by Crippen LogP contribution is -2.49. The zero-order valence-electron chi connectivity index (χ0n) is 18.5. The van der Waals surface area contributed by atoms with Gasteiger partial charge in [0.2, 0.25) is 5.89 Å². The molecule has 3 aromatic carbocycles. The minimum atomic E-state index is -0.0989. The molecule has 1 aliphatic heterocycles. The average molecular weight is 443 g/mol. The van der Waals surface area contributed by atoms with Gasteiger partial charge in [0, 0.05) is 37.9 Å². The number of anilines is 1. The van der Waals surface area contributed by atoms with E-state index in [1.807, 2.05) is 53.4 Å². The number of oxazole rings is 1. The summed E-state index contributed by atoms with van der Waals surface area (Å²) < 4.78 is 11.2. The van der Waals surface area contributed by atoms with Gasteiger partial charge in [0.15, 0.2) is 5.58 Å². The van der Waals surface area contributed by atoms with Crippen LogP contribution in [-0.2, 0) is 6.54 Å². The maximum absolute atomic E-state index is 12.6. The van der Waals surface area contributed by atoms with Gasteiger partial charge >= 0.3 is 6.03 Å². The van der Waals surface area contributed by atoms with Gasteiger partial charge < -0.3 is 19.4 Å². The number of amides is 2. The van der Waals surface area contributed by atoms with E-state index in [9.17, 15) is 4.79 Å². The second kappa shape index (κ2) is 9.34. The molecule has 7 nitrogen and oxygen atoms in total. The molecule has 0 radical (unpaired) electrons. The lowest BCUT2D eigenvalue weighted by molar-refractivity contribution is 0.136. The molecular weight excluding hydrogens is 416 g/mol. The van der Waals surface area contributed by atoms with Gasteiger partial charge in [-0.15, -0.1) is 0 Å². The van der Waals surface area contributed by atoms with Gasteiger partial charge in [-0.2, -0.15) is 0 Å². The Labute approximate surface area is 192 Å². The molecule has 0 spiro atoms. The Morgan fingerprint density at radius 3 is 2.58 bits per heavy atom. The molecule has 1 fully saturated rings. The summed E-state index contributed by atoms with van der Waals surface area (Å²) in [4.78, 5) is 21.4. The van der Waals surface area contributed by atoms with E-state index < -0.39 is 0 Å². The van der Waals surface area contributed by atoms with Crippen molar-refractivity contribution in [3.63, 3.8) is 0 Å². The van der Waals surface area contributed by atoms with E-state index in [-0.39, 0.29) is 6.03 Å². The van der Waals surface area contributed by atoms with Crippen LogP contribution < -0.4 is 10.1 Å². The summed E-state index contributed by atoms with van der Waals surface area (Å²) in [6.45, 7) is 3.45. The van der Waals surface area contributed by atoms with Gasteiger partial charge in [0.25, 0.3) is 0 Å². The minimum absolute atomic E-state index is 0.0989. The molecule has 0 atom stereocenters. The highest BCUT2D eigenvalue weighted by Crippen LogP contribution is 2.25. The number of methoxy groups -OCH3 is 1. The molecule has 33 heavy (non-hydrogen) atoms. The Bertz CT molecular complexity index is 1250. The number of fused-ring (bicyclic) bond motifs is 1. The number of urea groups is 1. The smallest absolute Gasteiger partial charge is 0.321 e. The first-order valence-corrected chi connectivity index (χ1v) is 11.1. The fourth-order valence-electron chi connectivity index (χ4n) is 4.06. The molecular formula is C26H26N4O3. The van der Waals surface area contributed by atoms with Crippen LogP contribution in [0.5, 0.6) is 5.75 Å². The van der Waals surface area contributed by atoms with Crippen LogP contribution in [0.2, 0.25) is 0 Å². The Morgan fingerprint density at radius 2 is 1.79 bits per heavy atom. The molecule has 2 heterocycles. The molecule has 2 amide bonds. The Morgan fingerprint density at radius 1 is 0.970 bits per heavy atom. The highest BCUT2D eigenvalue weighted by atomic mass is 16.5. The molecule has 0 bridgehead atoms. The van der Waals surface area contributed by atoms with Crippen molar-refractivity contribution in [3.05, 3.63) is 78.7 Å². The number of carbonyl (C=O) groups is 1. The van der Waals surface area contributed by atoms with E-state index >= 15 is 0 Å². The van der Waals surface area contributed by atoms with Gasteiger partial charge in [-0.25, -0.2) is 9.78 Å². The number of nitrogens with zero attached hydrogens (tertiary/aromatic N) is 3. The zero-order valence-corrected chi connectivity index (χ0v) is 18.5. The second-order valence-corrected chi connectivity index (χ2v) is 8.08. The third-order valence-corrected chi connectivity index (χ3v) is 5.88. The van der Waals surface area contributed by atoms with Crippen LogP contribution in [0.3, 0.4) is 0 Å². The van der Waals surface area contributed by atoms with Crippen LogP contribution in [0.1, 0.15) is 5.89 Å². The summed E-state index contributed by atoms with van der Waals surface area (Å²) in [5.41, 5.74) is 4.66. The predicted octanol–water partition coefficient (Wildman–Crippen LogP) is 4.85. The molecule has 5 rings (SSSR count). The number of carbonyl (C=O) groups excluding carboxylic acids is 1. The number of piperazine rings is 1. The molecule has 0 aliphatic carbocycles. The lowest BCUT2D eigenvalue weighted by Gasteiger charge is -2.34. The largest absolute Gasteiger partial charge is 0.497 e. The van der Waals surface area contributed by atoms with Crippen molar-refractivity contribution in [2.75, 3.05) is 38.6 Å². The van der Waals surface area contributed by atoms with Gasteiger partial charge in [-0.05, 0) is 35.4 Å². The maximum atomic E-state index is 12.6. The number of aromatic nitrogens is 1. The molecule has 4 aromatic rings. The van der Waals surface area contributed by atoms with Crippen LogP contribution in [-0.4, -0.2) is 54.1 Å². The SMILES string of the molecule is COc1cccc(NC(=O)N2CCN(Cc3nc4cc(-c5ccccc5)ccc4o3)CC2)c1. The van der Waals surface area contributed by atoms with Crippen molar-refractivity contribution in [1.29, 1.82) is 0 Å². The van der Waals surface area contributed by atoms with Crippen molar-refractivity contribution in [2.45, 2.75) is 6.54 Å². The highest BCUT2D eigenvalue weighted by Gasteiger charge is 2.22. The number of benzene rings is 3. The quantitative estimate of drug-likeness (QED) is 0.478. The van der Waals surface area contributed by atoms with Crippen molar-refractivity contribution < 1.29 is 13.9 Å². The van der Waals surface area contributed by atoms with E-state index in [0.29, 0.717) is 31.3 Å². The standard InChI is InChI=1S/C26H26N4O3/c1-32-22-9-5-8-21(17-22)27-26(31)30-14-12-29(13-15-30)18-25-28-23-16-20(10-11-24(23)33-25)19-6-3-2-4-7-19/h2-11,16-17H,12-15,18H2,1H3,(H,27,31). The average Bonchev–Trinajstić information content (AvgIpc) is 3.26. The number of hydrogen-bond acceptors (Lipinski definition) is 5. The fourth-order valence-corrected chi connectivity index (χ4v) is 4.06. The first-order valence-electron chi connectivity index (χ1n) is 11.1. The Kier molecular flexibility index (Phi) is 5.95. The molecule has 168 valence electrons. The summed E-state index contributed by atoms with van der Waals surface area (Å²) in [7, 11) is 1.61. The van der Waals surface area contributed by atoms with E-state index in [4.69, 9.17) is 14.1 Å². The molecule has 1 saturated heterocycles. The number of rotatable bonds is 5. The highest BCUT2D eigenvalue weighted by molar-refractivity contribution is 5.89. The summed E-state index contributed by atoms with van der Waals surface area (Å²) in [5.74, 6) is 1.41. The van der Waals surface area contributed by atoms with E-state index in [0.717, 1.165) is 41.0 Å². The summed E-state index contributed by atoms with van der Waals surface area (Å²) >= 11 is 0. The fraction of sp³-hybridized carbons (Fsp3) is 0.231. The topological polar surface area (TPSA) is 70.8 Å². The molecule has 1 N–H and O–H groups in total. The lowest BCUT2D eigenvalue weighted by atomic mass is 10.1.